The number of benzene rings is 1. The van der Waals surface area contributed by atoms with E-state index in [1.54, 1.807) is 6.07 Å². The van der Waals surface area contributed by atoms with E-state index < -0.39 is 5.97 Å². The fourth-order valence-corrected chi connectivity index (χ4v) is 1.71. The summed E-state index contributed by atoms with van der Waals surface area (Å²) in [5, 5.41) is 11.4. The zero-order valence-electron chi connectivity index (χ0n) is 10.9. The molecule has 1 amide bonds. The SMILES string of the molecule is NCCCCC(=O)Nc1cccc(CCC(=O)O)c1. The van der Waals surface area contributed by atoms with Crippen molar-refractivity contribution in [3.8, 4) is 0 Å². The van der Waals surface area contributed by atoms with Crippen molar-refractivity contribution in [3.63, 3.8) is 0 Å². The zero-order valence-corrected chi connectivity index (χ0v) is 10.9. The predicted molar refractivity (Wildman–Crippen MR) is 73.9 cm³/mol. The smallest absolute Gasteiger partial charge is 0.303 e. The quantitative estimate of drug-likeness (QED) is 0.624. The highest BCUT2D eigenvalue weighted by Crippen LogP contribution is 2.13. The number of aliphatic carboxylic acids is 1. The molecule has 1 aromatic carbocycles. The molecule has 5 heteroatoms. The number of anilines is 1. The Labute approximate surface area is 112 Å². The van der Waals surface area contributed by atoms with Gasteiger partial charge in [-0.05, 0) is 43.5 Å². The number of carboxylic acid groups (broad SMARTS) is 1. The number of rotatable bonds is 8. The number of carbonyl (C=O) groups is 2. The maximum Gasteiger partial charge on any atom is 0.303 e. The molecule has 0 saturated heterocycles. The normalized spacial score (nSPS) is 10.2. The molecule has 0 radical (unpaired) electrons. The molecule has 0 fully saturated rings. The van der Waals surface area contributed by atoms with Gasteiger partial charge in [-0.2, -0.15) is 0 Å². The van der Waals surface area contributed by atoms with Gasteiger partial charge >= 0.3 is 5.97 Å². The summed E-state index contributed by atoms with van der Waals surface area (Å²) in [7, 11) is 0. The standard InChI is InChI=1S/C14H20N2O3/c15-9-2-1-6-13(17)16-12-5-3-4-11(10-12)7-8-14(18)19/h3-5,10H,1-2,6-9,15H2,(H,16,17)(H,18,19). The first kappa shape index (κ1) is 15.2. The van der Waals surface area contributed by atoms with Crippen LogP contribution in [0.2, 0.25) is 0 Å². The Morgan fingerprint density at radius 1 is 1.21 bits per heavy atom. The lowest BCUT2D eigenvalue weighted by molar-refractivity contribution is -0.137. The van der Waals surface area contributed by atoms with Crippen LogP contribution < -0.4 is 11.1 Å². The zero-order chi connectivity index (χ0) is 14.1. The second kappa shape index (κ2) is 8.26. The molecule has 0 atom stereocenters. The lowest BCUT2D eigenvalue weighted by atomic mass is 10.1. The lowest BCUT2D eigenvalue weighted by Gasteiger charge is -2.07. The molecule has 4 N–H and O–H groups in total. The van der Waals surface area contributed by atoms with Crippen LogP contribution in [0.25, 0.3) is 0 Å². The summed E-state index contributed by atoms with van der Waals surface area (Å²) in [6.45, 7) is 0.595. The summed E-state index contributed by atoms with van der Waals surface area (Å²) < 4.78 is 0. The Balaban J connectivity index is 2.47. The summed E-state index contributed by atoms with van der Waals surface area (Å²) in [6, 6.07) is 7.27. The summed E-state index contributed by atoms with van der Waals surface area (Å²) in [4.78, 5) is 22.1. The molecule has 0 bridgehead atoms. The number of amides is 1. The Bertz CT molecular complexity index is 432. The third-order valence-electron chi connectivity index (χ3n) is 2.70. The maximum absolute atomic E-state index is 11.6. The van der Waals surface area contributed by atoms with Crippen molar-refractivity contribution in [1.29, 1.82) is 0 Å². The summed E-state index contributed by atoms with van der Waals surface area (Å²) in [6.07, 6.45) is 2.63. The van der Waals surface area contributed by atoms with Crippen molar-refractivity contribution in [1.82, 2.24) is 0 Å². The maximum atomic E-state index is 11.6. The van der Waals surface area contributed by atoms with E-state index in [0.29, 0.717) is 25.1 Å². The highest BCUT2D eigenvalue weighted by molar-refractivity contribution is 5.90. The first-order chi connectivity index (χ1) is 9.11. The topological polar surface area (TPSA) is 92.4 Å². The molecule has 0 unspecified atom stereocenters. The van der Waals surface area contributed by atoms with Crippen LogP contribution in [0.4, 0.5) is 5.69 Å². The minimum Gasteiger partial charge on any atom is -0.481 e. The number of carboxylic acids is 1. The summed E-state index contributed by atoms with van der Waals surface area (Å²) in [5.74, 6) is -0.861. The van der Waals surface area contributed by atoms with Gasteiger partial charge in [0.2, 0.25) is 5.91 Å². The van der Waals surface area contributed by atoms with E-state index in [2.05, 4.69) is 5.32 Å². The number of unbranched alkanes of at least 4 members (excludes halogenated alkanes) is 1. The molecule has 0 heterocycles. The lowest BCUT2D eigenvalue weighted by Crippen LogP contribution is -2.12. The first-order valence-electron chi connectivity index (χ1n) is 6.42. The average Bonchev–Trinajstić information content (AvgIpc) is 2.37. The van der Waals surface area contributed by atoms with E-state index in [0.717, 1.165) is 18.4 Å². The molecule has 19 heavy (non-hydrogen) atoms. The van der Waals surface area contributed by atoms with Gasteiger partial charge in [0, 0.05) is 18.5 Å². The average molecular weight is 264 g/mol. The van der Waals surface area contributed by atoms with Gasteiger partial charge in [-0.1, -0.05) is 12.1 Å². The fraction of sp³-hybridized carbons (Fsp3) is 0.429. The van der Waals surface area contributed by atoms with Gasteiger partial charge in [0.05, 0.1) is 0 Å². The van der Waals surface area contributed by atoms with Crippen LogP contribution in [0.3, 0.4) is 0 Å². The van der Waals surface area contributed by atoms with E-state index in [9.17, 15) is 9.59 Å². The van der Waals surface area contributed by atoms with Gasteiger partial charge in [-0.15, -0.1) is 0 Å². The second-order valence-corrected chi connectivity index (χ2v) is 4.39. The van der Waals surface area contributed by atoms with Gasteiger partial charge < -0.3 is 16.2 Å². The van der Waals surface area contributed by atoms with Gasteiger partial charge in [0.1, 0.15) is 0 Å². The van der Waals surface area contributed by atoms with Gasteiger partial charge in [-0.3, -0.25) is 9.59 Å². The highest BCUT2D eigenvalue weighted by Gasteiger charge is 2.04. The van der Waals surface area contributed by atoms with Gasteiger partial charge in [-0.25, -0.2) is 0 Å². The predicted octanol–water partition coefficient (Wildman–Crippen LogP) is 1.77. The van der Waals surface area contributed by atoms with Crippen LogP contribution in [-0.2, 0) is 16.0 Å². The first-order valence-corrected chi connectivity index (χ1v) is 6.42. The molecule has 1 aromatic rings. The molecule has 104 valence electrons. The highest BCUT2D eigenvalue weighted by atomic mass is 16.4. The monoisotopic (exact) mass is 264 g/mol. The number of carbonyl (C=O) groups excluding carboxylic acids is 1. The molecule has 0 aromatic heterocycles. The molecular weight excluding hydrogens is 244 g/mol. The van der Waals surface area contributed by atoms with Gasteiger partial charge in [0.25, 0.3) is 0 Å². The van der Waals surface area contributed by atoms with E-state index in [1.165, 1.54) is 0 Å². The van der Waals surface area contributed by atoms with Crippen molar-refractivity contribution < 1.29 is 14.7 Å². The van der Waals surface area contributed by atoms with Crippen LogP contribution in [0.5, 0.6) is 0 Å². The molecule has 1 rings (SSSR count). The molecule has 5 nitrogen and oxygen atoms in total. The van der Waals surface area contributed by atoms with Crippen molar-refractivity contribution in [3.05, 3.63) is 29.8 Å². The Morgan fingerprint density at radius 3 is 2.68 bits per heavy atom. The minimum absolute atomic E-state index is 0.0381. The number of nitrogens with two attached hydrogens (primary N) is 1. The van der Waals surface area contributed by atoms with Crippen molar-refractivity contribution >= 4 is 17.6 Å². The second-order valence-electron chi connectivity index (χ2n) is 4.39. The molecule has 0 aliphatic rings. The Hall–Kier alpha value is -1.88. The molecule has 0 spiro atoms. The number of nitrogens with one attached hydrogen (secondary N) is 1. The largest absolute Gasteiger partial charge is 0.481 e. The summed E-state index contributed by atoms with van der Waals surface area (Å²) in [5.41, 5.74) is 6.98. The van der Waals surface area contributed by atoms with Crippen molar-refractivity contribution in [2.24, 2.45) is 5.73 Å². The third kappa shape index (κ3) is 6.57. The Morgan fingerprint density at radius 2 is 2.00 bits per heavy atom. The van der Waals surface area contributed by atoms with Crippen LogP contribution >= 0.6 is 0 Å². The van der Waals surface area contributed by atoms with E-state index in [1.807, 2.05) is 18.2 Å². The van der Waals surface area contributed by atoms with E-state index >= 15 is 0 Å². The minimum atomic E-state index is -0.823. The number of hydrogen-bond acceptors (Lipinski definition) is 3. The third-order valence-corrected chi connectivity index (χ3v) is 2.70. The van der Waals surface area contributed by atoms with Crippen molar-refractivity contribution in [2.45, 2.75) is 32.1 Å². The molecule has 0 aliphatic heterocycles. The van der Waals surface area contributed by atoms with Gasteiger partial charge in [0.15, 0.2) is 0 Å². The van der Waals surface area contributed by atoms with E-state index in [-0.39, 0.29) is 12.3 Å². The van der Waals surface area contributed by atoms with Crippen LogP contribution in [-0.4, -0.2) is 23.5 Å². The summed E-state index contributed by atoms with van der Waals surface area (Å²) >= 11 is 0. The number of aryl methyl sites for hydroxylation is 1. The van der Waals surface area contributed by atoms with Crippen LogP contribution in [0.15, 0.2) is 24.3 Å². The molecule has 0 saturated carbocycles. The van der Waals surface area contributed by atoms with Crippen molar-refractivity contribution in [2.75, 3.05) is 11.9 Å². The van der Waals surface area contributed by atoms with Crippen LogP contribution in [0.1, 0.15) is 31.2 Å². The fourth-order valence-electron chi connectivity index (χ4n) is 1.71. The Kier molecular flexibility index (Phi) is 6.60. The molecule has 0 aliphatic carbocycles. The van der Waals surface area contributed by atoms with Crippen LogP contribution in [0, 0.1) is 0 Å². The molecular formula is C14H20N2O3. The van der Waals surface area contributed by atoms with E-state index in [4.69, 9.17) is 10.8 Å². The number of hydrogen-bond donors (Lipinski definition) is 3.